The highest BCUT2D eigenvalue weighted by Gasteiger charge is 2.61. The molecule has 2 aliphatic rings. The van der Waals surface area contributed by atoms with Crippen molar-refractivity contribution in [1.82, 2.24) is 0 Å². The van der Waals surface area contributed by atoms with Gasteiger partial charge in [0.1, 0.15) is 23.4 Å². The first-order valence-corrected chi connectivity index (χ1v) is 11.1. The number of hydrogen-bond acceptors (Lipinski definition) is 6. The first kappa shape index (κ1) is 22.2. The number of carbonyl (C=O) groups excluding carboxylic acids is 3. The van der Waals surface area contributed by atoms with Gasteiger partial charge in [0.2, 0.25) is 11.8 Å². The number of hydrogen-bond donors (Lipinski definition) is 2. The zero-order valence-corrected chi connectivity index (χ0v) is 18.9. The average Bonchev–Trinajstić information content (AvgIpc) is 3.15. The number of anilines is 1. The Morgan fingerprint density at radius 2 is 1.54 bits per heavy atom. The van der Waals surface area contributed by atoms with Gasteiger partial charge < -0.3 is 20.5 Å². The predicted molar refractivity (Wildman–Crippen MR) is 129 cm³/mol. The van der Waals surface area contributed by atoms with E-state index in [2.05, 4.69) is 5.32 Å². The van der Waals surface area contributed by atoms with E-state index < -0.39 is 23.1 Å². The van der Waals surface area contributed by atoms with Crippen LogP contribution >= 0.6 is 0 Å². The van der Waals surface area contributed by atoms with Gasteiger partial charge in [-0.15, -0.1) is 0 Å². The average molecular weight is 466 g/mol. The fourth-order valence-electron chi connectivity index (χ4n) is 4.71. The lowest BCUT2D eigenvalue weighted by atomic mass is 9.66. The van der Waals surface area contributed by atoms with Crippen molar-refractivity contribution in [2.75, 3.05) is 5.32 Å². The van der Waals surface area contributed by atoms with Crippen molar-refractivity contribution in [2.45, 2.75) is 18.9 Å². The van der Waals surface area contributed by atoms with E-state index in [1.807, 2.05) is 30.3 Å². The summed E-state index contributed by atoms with van der Waals surface area (Å²) in [6, 6.07) is 24.5. The molecule has 3 N–H and O–H groups in total. The molecular weight excluding hydrogens is 444 g/mol. The van der Waals surface area contributed by atoms with Gasteiger partial charge in [0, 0.05) is 16.8 Å². The van der Waals surface area contributed by atoms with Gasteiger partial charge in [0.25, 0.3) is 0 Å². The number of amides is 1. The largest absolute Gasteiger partial charge is 0.457 e. The zero-order chi connectivity index (χ0) is 24.6. The standard InChI is InChI=1S/C28H22N2O5/c1-17-22(24(31)19-12-6-3-7-13-19)28(20-14-8-9-15-21(20)30-27(28)33)23(25(29)35-17)26(32)34-16-18-10-4-2-5-11-18/h2-15H,16,29H2,1H3,(H,30,33)/t28-/m1/s1. The summed E-state index contributed by atoms with van der Waals surface area (Å²) in [4.78, 5) is 41.2. The van der Waals surface area contributed by atoms with E-state index in [4.69, 9.17) is 15.2 Å². The van der Waals surface area contributed by atoms with Crippen LogP contribution in [0.15, 0.2) is 108 Å². The molecule has 0 saturated heterocycles. The van der Waals surface area contributed by atoms with Crippen molar-refractivity contribution in [3.8, 4) is 0 Å². The Balaban J connectivity index is 1.68. The summed E-state index contributed by atoms with van der Waals surface area (Å²) in [7, 11) is 0. The maximum Gasteiger partial charge on any atom is 0.341 e. The number of rotatable bonds is 5. The number of nitrogens with two attached hydrogens (primary N) is 1. The number of para-hydroxylation sites is 1. The number of ketones is 1. The molecular formula is C28H22N2O5. The first-order chi connectivity index (χ1) is 16.9. The smallest absolute Gasteiger partial charge is 0.341 e. The third-order valence-electron chi connectivity index (χ3n) is 6.21. The second kappa shape index (κ2) is 8.61. The Morgan fingerprint density at radius 3 is 2.26 bits per heavy atom. The molecule has 174 valence electrons. The van der Waals surface area contributed by atoms with Crippen LogP contribution in [0.4, 0.5) is 5.69 Å². The van der Waals surface area contributed by atoms with Gasteiger partial charge in [-0.1, -0.05) is 78.9 Å². The highest BCUT2D eigenvalue weighted by atomic mass is 16.5. The molecule has 0 bridgehead atoms. The van der Waals surface area contributed by atoms with Crippen molar-refractivity contribution in [3.63, 3.8) is 0 Å². The molecule has 0 unspecified atom stereocenters. The summed E-state index contributed by atoms with van der Waals surface area (Å²) in [5, 5.41) is 2.82. The fraction of sp³-hybridized carbons (Fsp3) is 0.107. The molecule has 3 aromatic carbocycles. The van der Waals surface area contributed by atoms with Crippen LogP contribution in [0.2, 0.25) is 0 Å². The van der Waals surface area contributed by atoms with E-state index in [1.165, 1.54) is 0 Å². The summed E-state index contributed by atoms with van der Waals surface area (Å²) in [5.74, 6) is -2.00. The van der Waals surface area contributed by atoms with Crippen LogP contribution in [0.3, 0.4) is 0 Å². The van der Waals surface area contributed by atoms with E-state index in [-0.39, 0.29) is 29.4 Å². The molecule has 7 nitrogen and oxygen atoms in total. The number of ether oxygens (including phenoxy) is 2. The topological polar surface area (TPSA) is 108 Å². The van der Waals surface area contributed by atoms with Crippen LogP contribution in [-0.2, 0) is 31.1 Å². The van der Waals surface area contributed by atoms with Gasteiger partial charge in [0.05, 0.1) is 5.57 Å². The third kappa shape index (κ3) is 3.49. The molecule has 35 heavy (non-hydrogen) atoms. The second-order valence-electron chi connectivity index (χ2n) is 8.28. The summed E-state index contributed by atoms with van der Waals surface area (Å²) in [5.41, 5.74) is 6.23. The Morgan fingerprint density at radius 1 is 0.914 bits per heavy atom. The monoisotopic (exact) mass is 466 g/mol. The van der Waals surface area contributed by atoms with Gasteiger partial charge in [-0.3, -0.25) is 9.59 Å². The molecule has 2 aliphatic heterocycles. The molecule has 1 atom stereocenters. The van der Waals surface area contributed by atoms with Crippen molar-refractivity contribution in [2.24, 2.45) is 5.73 Å². The lowest BCUT2D eigenvalue weighted by molar-refractivity contribution is -0.142. The van der Waals surface area contributed by atoms with Crippen molar-refractivity contribution in [3.05, 3.63) is 124 Å². The quantitative estimate of drug-likeness (QED) is 0.435. The Hall–Kier alpha value is -4.65. The number of benzene rings is 3. The Kier molecular flexibility index (Phi) is 5.45. The maximum absolute atomic E-state index is 13.8. The molecule has 0 aromatic heterocycles. The van der Waals surface area contributed by atoms with Gasteiger partial charge in [0.15, 0.2) is 5.78 Å². The molecule has 7 heteroatoms. The van der Waals surface area contributed by atoms with Crippen LogP contribution in [0.25, 0.3) is 0 Å². The van der Waals surface area contributed by atoms with E-state index in [0.29, 0.717) is 16.8 Å². The van der Waals surface area contributed by atoms with Gasteiger partial charge >= 0.3 is 5.97 Å². The van der Waals surface area contributed by atoms with Crippen molar-refractivity contribution in [1.29, 1.82) is 0 Å². The van der Waals surface area contributed by atoms with Crippen LogP contribution in [0.5, 0.6) is 0 Å². The van der Waals surface area contributed by atoms with Crippen LogP contribution in [0.1, 0.15) is 28.4 Å². The number of fused-ring (bicyclic) bond motifs is 2. The van der Waals surface area contributed by atoms with E-state index in [1.54, 1.807) is 61.5 Å². The normalized spacial score (nSPS) is 18.7. The molecule has 1 spiro atoms. The number of Topliss-reactive ketones (excluding diaryl/α,β-unsaturated/α-hetero) is 1. The molecule has 3 aromatic rings. The maximum atomic E-state index is 13.8. The number of allylic oxidation sites excluding steroid dienone is 1. The highest BCUT2D eigenvalue weighted by molar-refractivity contribution is 6.25. The minimum atomic E-state index is -1.83. The molecule has 0 fully saturated rings. The Labute approximate surface area is 201 Å². The predicted octanol–water partition coefficient (Wildman–Crippen LogP) is 3.98. The highest BCUT2D eigenvalue weighted by Crippen LogP contribution is 2.52. The minimum absolute atomic E-state index is 0.0204. The number of nitrogens with one attached hydrogen (secondary N) is 1. The van der Waals surface area contributed by atoms with Crippen molar-refractivity contribution < 1.29 is 23.9 Å². The summed E-state index contributed by atoms with van der Waals surface area (Å²) in [6.45, 7) is 1.52. The fourth-order valence-corrected chi connectivity index (χ4v) is 4.71. The van der Waals surface area contributed by atoms with E-state index in [9.17, 15) is 14.4 Å². The third-order valence-corrected chi connectivity index (χ3v) is 6.21. The van der Waals surface area contributed by atoms with E-state index >= 15 is 0 Å². The van der Waals surface area contributed by atoms with Crippen LogP contribution < -0.4 is 11.1 Å². The molecule has 0 aliphatic carbocycles. The van der Waals surface area contributed by atoms with Crippen LogP contribution in [-0.4, -0.2) is 17.7 Å². The second-order valence-corrected chi connectivity index (χ2v) is 8.28. The van der Waals surface area contributed by atoms with Crippen LogP contribution in [0, 0.1) is 0 Å². The summed E-state index contributed by atoms with van der Waals surface area (Å²) in [6.07, 6.45) is 0. The molecule has 2 heterocycles. The van der Waals surface area contributed by atoms with E-state index in [0.717, 1.165) is 5.56 Å². The summed E-state index contributed by atoms with van der Waals surface area (Å²) < 4.78 is 11.3. The van der Waals surface area contributed by atoms with Gasteiger partial charge in [-0.05, 0) is 18.6 Å². The molecule has 0 radical (unpaired) electrons. The minimum Gasteiger partial charge on any atom is -0.457 e. The first-order valence-electron chi connectivity index (χ1n) is 11.1. The molecule has 1 amide bonds. The SMILES string of the molecule is CC1=C(C(=O)c2ccccc2)[C@@]2(C(=O)Nc3ccccc32)C(C(=O)OCc2ccccc2)=C(N)O1. The van der Waals surface area contributed by atoms with Crippen molar-refractivity contribution >= 4 is 23.3 Å². The number of esters is 1. The lowest BCUT2D eigenvalue weighted by Gasteiger charge is -2.36. The zero-order valence-electron chi connectivity index (χ0n) is 18.9. The Bertz CT molecular complexity index is 1410. The number of carbonyl (C=O) groups is 3. The lowest BCUT2D eigenvalue weighted by Crippen LogP contribution is -2.48. The summed E-state index contributed by atoms with van der Waals surface area (Å²) >= 11 is 0. The van der Waals surface area contributed by atoms with Gasteiger partial charge in [-0.2, -0.15) is 0 Å². The molecule has 0 saturated carbocycles. The van der Waals surface area contributed by atoms with Gasteiger partial charge in [-0.25, -0.2) is 4.79 Å². The molecule has 5 rings (SSSR count).